The fourth-order valence-corrected chi connectivity index (χ4v) is 4.24. The minimum Gasteiger partial charge on any atom is -0.507 e. The predicted molar refractivity (Wildman–Crippen MR) is 147 cm³/mol. The van der Waals surface area contributed by atoms with Crippen LogP contribution in [-0.4, -0.2) is 29.3 Å². The number of benzene rings is 3. The van der Waals surface area contributed by atoms with Crippen molar-refractivity contribution in [2.75, 3.05) is 14.2 Å². The van der Waals surface area contributed by atoms with Gasteiger partial charge >= 0.3 is 0 Å². The van der Waals surface area contributed by atoms with E-state index in [-0.39, 0.29) is 16.6 Å². The van der Waals surface area contributed by atoms with E-state index in [2.05, 4.69) is 58.7 Å². The molecule has 1 aromatic heterocycles. The third-order valence-corrected chi connectivity index (χ3v) is 6.49. The van der Waals surface area contributed by atoms with Gasteiger partial charge in [-0.3, -0.25) is 0 Å². The van der Waals surface area contributed by atoms with Crippen LogP contribution < -0.4 is 9.47 Å². The van der Waals surface area contributed by atoms with Crippen LogP contribution in [0.15, 0.2) is 60.7 Å². The number of aromatic nitrogens is 2. The van der Waals surface area contributed by atoms with Crippen LogP contribution in [0.25, 0.3) is 33.9 Å². The third kappa shape index (κ3) is 4.97. The van der Waals surface area contributed by atoms with Crippen LogP contribution in [-0.2, 0) is 10.8 Å². The lowest BCUT2D eigenvalue weighted by atomic mass is 9.79. The first kappa shape index (κ1) is 25.4. The Morgan fingerprint density at radius 3 is 1.72 bits per heavy atom. The first-order chi connectivity index (χ1) is 16.9. The summed E-state index contributed by atoms with van der Waals surface area (Å²) >= 11 is 0. The molecule has 0 spiro atoms. The van der Waals surface area contributed by atoms with Gasteiger partial charge in [-0.05, 0) is 71.0 Å². The maximum absolute atomic E-state index is 11.5. The molecule has 0 aliphatic rings. The number of ether oxygens (including phenoxy) is 2. The molecule has 5 heteroatoms. The average Bonchev–Trinajstić information content (AvgIpc) is 3.28. The number of phenolic OH excluding ortho intramolecular Hbond substituents is 1. The van der Waals surface area contributed by atoms with Gasteiger partial charge in [0.25, 0.3) is 0 Å². The van der Waals surface area contributed by atoms with E-state index in [1.165, 1.54) is 0 Å². The summed E-state index contributed by atoms with van der Waals surface area (Å²) in [4.78, 5) is 8.58. The molecule has 5 nitrogen and oxygen atoms in total. The van der Waals surface area contributed by atoms with Crippen LogP contribution in [0.2, 0.25) is 0 Å². The summed E-state index contributed by atoms with van der Waals surface area (Å²) in [6.07, 6.45) is 0. The molecule has 0 atom stereocenters. The average molecular weight is 485 g/mol. The van der Waals surface area contributed by atoms with Crippen molar-refractivity contribution in [2.24, 2.45) is 0 Å². The monoisotopic (exact) mass is 484 g/mol. The van der Waals surface area contributed by atoms with Gasteiger partial charge in [0.05, 0.1) is 31.2 Å². The van der Waals surface area contributed by atoms with Crippen LogP contribution in [0, 0.1) is 0 Å². The molecular weight excluding hydrogens is 448 g/mol. The van der Waals surface area contributed by atoms with Gasteiger partial charge in [-0.2, -0.15) is 0 Å². The first-order valence-electron chi connectivity index (χ1n) is 12.2. The quantitative estimate of drug-likeness (QED) is 0.304. The smallest absolute Gasteiger partial charge is 0.142 e. The molecule has 36 heavy (non-hydrogen) atoms. The molecule has 0 unspecified atom stereocenters. The Hall–Kier alpha value is -3.73. The lowest BCUT2D eigenvalue weighted by Gasteiger charge is -2.27. The molecule has 3 aromatic carbocycles. The molecule has 0 aliphatic carbocycles. The Kier molecular flexibility index (Phi) is 6.61. The van der Waals surface area contributed by atoms with E-state index >= 15 is 0 Å². The number of imidazole rings is 1. The maximum atomic E-state index is 11.5. The Morgan fingerprint density at radius 1 is 0.722 bits per heavy atom. The summed E-state index contributed by atoms with van der Waals surface area (Å²) in [5, 5.41) is 11.5. The van der Waals surface area contributed by atoms with E-state index in [0.717, 1.165) is 45.1 Å². The molecule has 4 rings (SSSR count). The first-order valence-corrected chi connectivity index (χ1v) is 12.2. The fourth-order valence-electron chi connectivity index (χ4n) is 4.24. The molecule has 0 saturated heterocycles. The van der Waals surface area contributed by atoms with Crippen molar-refractivity contribution in [3.63, 3.8) is 0 Å². The maximum Gasteiger partial charge on any atom is 0.142 e. The predicted octanol–water partition coefficient (Wildman–Crippen LogP) is 7.73. The van der Waals surface area contributed by atoms with E-state index in [1.54, 1.807) is 14.2 Å². The fraction of sp³-hybridized carbons (Fsp3) is 0.323. The summed E-state index contributed by atoms with van der Waals surface area (Å²) in [5.41, 5.74) is 6.02. The number of methoxy groups -OCH3 is 2. The normalized spacial score (nSPS) is 12.0. The molecule has 0 fully saturated rings. The lowest BCUT2D eigenvalue weighted by Crippen LogP contribution is -2.17. The highest BCUT2D eigenvalue weighted by Crippen LogP contribution is 2.43. The largest absolute Gasteiger partial charge is 0.507 e. The Balaban J connectivity index is 1.97. The second-order valence-electron chi connectivity index (χ2n) is 11.2. The van der Waals surface area contributed by atoms with Crippen LogP contribution in [0.4, 0.5) is 0 Å². The highest BCUT2D eigenvalue weighted by atomic mass is 16.5. The van der Waals surface area contributed by atoms with Crippen LogP contribution >= 0.6 is 0 Å². The number of aromatic amines is 1. The van der Waals surface area contributed by atoms with Gasteiger partial charge in [-0.15, -0.1) is 0 Å². The second-order valence-corrected chi connectivity index (χ2v) is 11.2. The Labute approximate surface area is 214 Å². The summed E-state index contributed by atoms with van der Waals surface area (Å²) in [6.45, 7) is 12.9. The molecule has 0 radical (unpaired) electrons. The number of nitrogens with zero attached hydrogens (tertiary/aromatic N) is 1. The number of nitrogens with one attached hydrogen (secondary N) is 1. The Bertz CT molecular complexity index is 1290. The number of aromatic hydroxyl groups is 1. The minimum absolute atomic E-state index is 0.0906. The zero-order valence-electron chi connectivity index (χ0n) is 22.5. The van der Waals surface area contributed by atoms with Crippen LogP contribution in [0.3, 0.4) is 0 Å². The standard InChI is InChI=1S/C31H36N2O3/c1-30(2,3)21-17-24(28(34)25(18-21)31(4,5)6)29-32-26(19-9-13-22(35-7)14-10-19)27(33-29)20-11-15-23(36-8)16-12-20/h9-18,34H,1-8H3,(H,32,33). The molecule has 188 valence electrons. The molecule has 0 saturated carbocycles. The van der Waals surface area contributed by atoms with Gasteiger partial charge in [-0.1, -0.05) is 47.6 Å². The molecule has 1 heterocycles. The topological polar surface area (TPSA) is 67.4 Å². The van der Waals surface area contributed by atoms with E-state index in [9.17, 15) is 5.11 Å². The number of rotatable bonds is 5. The summed E-state index contributed by atoms with van der Waals surface area (Å²) in [5.74, 6) is 2.45. The molecule has 4 aromatic rings. The SMILES string of the molecule is COc1ccc(-c2nc(-c3cc(C(C)(C)C)cc(C(C)(C)C)c3O)[nH]c2-c2ccc(OC)cc2)cc1. The molecular formula is C31H36N2O3. The number of hydrogen-bond donors (Lipinski definition) is 2. The third-order valence-electron chi connectivity index (χ3n) is 6.49. The van der Waals surface area contributed by atoms with Gasteiger partial charge in [0, 0.05) is 16.7 Å². The summed E-state index contributed by atoms with van der Waals surface area (Å²) < 4.78 is 10.7. The van der Waals surface area contributed by atoms with Crippen molar-refractivity contribution in [1.29, 1.82) is 0 Å². The zero-order valence-corrected chi connectivity index (χ0v) is 22.5. The Morgan fingerprint density at radius 2 is 1.25 bits per heavy atom. The van der Waals surface area contributed by atoms with Gasteiger partial charge in [-0.25, -0.2) is 4.98 Å². The van der Waals surface area contributed by atoms with E-state index < -0.39 is 0 Å². The van der Waals surface area contributed by atoms with Crippen molar-refractivity contribution in [3.8, 4) is 51.2 Å². The van der Waals surface area contributed by atoms with Crippen LogP contribution in [0.1, 0.15) is 52.7 Å². The molecule has 0 bridgehead atoms. The van der Waals surface area contributed by atoms with Crippen molar-refractivity contribution in [1.82, 2.24) is 9.97 Å². The van der Waals surface area contributed by atoms with E-state index in [1.807, 2.05) is 48.5 Å². The molecule has 2 N–H and O–H groups in total. The van der Waals surface area contributed by atoms with Gasteiger partial charge in [0.1, 0.15) is 23.1 Å². The van der Waals surface area contributed by atoms with E-state index in [4.69, 9.17) is 14.5 Å². The van der Waals surface area contributed by atoms with Gasteiger partial charge < -0.3 is 19.6 Å². The highest BCUT2D eigenvalue weighted by molar-refractivity contribution is 5.83. The highest BCUT2D eigenvalue weighted by Gasteiger charge is 2.27. The summed E-state index contributed by atoms with van der Waals surface area (Å²) in [6, 6.07) is 19.9. The van der Waals surface area contributed by atoms with Gasteiger partial charge in [0.2, 0.25) is 0 Å². The van der Waals surface area contributed by atoms with Gasteiger partial charge in [0.15, 0.2) is 0 Å². The van der Waals surface area contributed by atoms with Crippen LogP contribution in [0.5, 0.6) is 17.2 Å². The molecule has 0 aliphatic heterocycles. The van der Waals surface area contributed by atoms with Crippen molar-refractivity contribution >= 4 is 0 Å². The lowest BCUT2D eigenvalue weighted by molar-refractivity contribution is 0.414. The van der Waals surface area contributed by atoms with Crippen molar-refractivity contribution in [2.45, 2.75) is 52.4 Å². The summed E-state index contributed by atoms with van der Waals surface area (Å²) in [7, 11) is 3.31. The number of phenols is 1. The van der Waals surface area contributed by atoms with E-state index in [0.29, 0.717) is 11.4 Å². The minimum atomic E-state index is -0.232. The number of H-pyrrole nitrogens is 1. The zero-order chi connectivity index (χ0) is 26.3. The van der Waals surface area contributed by atoms with Crippen molar-refractivity contribution in [3.05, 3.63) is 71.8 Å². The molecule has 0 amide bonds. The number of hydrogen-bond acceptors (Lipinski definition) is 4. The van der Waals surface area contributed by atoms with Crippen molar-refractivity contribution < 1.29 is 14.6 Å². The second kappa shape index (κ2) is 9.38.